The number of fused-ring (bicyclic) bond motifs is 1. The standard InChI is InChI=1S/C23H19FN2O2S/c1-13-4-9-19(14(2)10-13)26-22(27)18-11-15(3)25-21(20(18)23(26)28)29-12-16-5-7-17(24)8-6-16/h4-11H,12H2,1-3H3. The molecule has 2 amide bonds. The first-order chi connectivity index (χ1) is 13.8. The van der Waals surface area contributed by atoms with Crippen LogP contribution in [0.4, 0.5) is 10.1 Å². The third-order valence-electron chi connectivity index (χ3n) is 4.85. The number of pyridine rings is 1. The summed E-state index contributed by atoms with van der Waals surface area (Å²) in [4.78, 5) is 32.1. The second kappa shape index (κ2) is 7.44. The van der Waals surface area contributed by atoms with Gasteiger partial charge in [0.1, 0.15) is 10.8 Å². The van der Waals surface area contributed by atoms with Gasteiger partial charge < -0.3 is 0 Å². The van der Waals surface area contributed by atoms with E-state index in [9.17, 15) is 14.0 Å². The Balaban J connectivity index is 1.71. The van der Waals surface area contributed by atoms with Crippen LogP contribution in [0.25, 0.3) is 0 Å². The number of hydrogen-bond donors (Lipinski definition) is 0. The van der Waals surface area contributed by atoms with Gasteiger partial charge in [-0.25, -0.2) is 14.3 Å². The summed E-state index contributed by atoms with van der Waals surface area (Å²) in [7, 11) is 0. The minimum atomic E-state index is -0.356. The van der Waals surface area contributed by atoms with Crippen molar-refractivity contribution in [2.75, 3.05) is 4.90 Å². The summed E-state index contributed by atoms with van der Waals surface area (Å²) in [5.74, 6) is -0.455. The monoisotopic (exact) mass is 406 g/mol. The number of anilines is 1. The van der Waals surface area contributed by atoms with Crippen LogP contribution < -0.4 is 4.90 Å². The number of benzene rings is 2. The normalized spacial score (nSPS) is 13.2. The van der Waals surface area contributed by atoms with Gasteiger partial charge in [0.05, 0.1) is 16.8 Å². The van der Waals surface area contributed by atoms with Crippen molar-refractivity contribution < 1.29 is 14.0 Å². The highest BCUT2D eigenvalue weighted by molar-refractivity contribution is 7.98. The fourth-order valence-electron chi connectivity index (χ4n) is 3.46. The Labute approximate surface area is 172 Å². The van der Waals surface area contributed by atoms with Gasteiger partial charge in [-0.05, 0) is 56.2 Å². The lowest BCUT2D eigenvalue weighted by Gasteiger charge is -2.17. The van der Waals surface area contributed by atoms with E-state index in [4.69, 9.17) is 0 Å². The minimum Gasteiger partial charge on any atom is -0.268 e. The van der Waals surface area contributed by atoms with E-state index < -0.39 is 0 Å². The molecule has 146 valence electrons. The molecular formula is C23H19FN2O2S. The van der Waals surface area contributed by atoms with Crippen LogP contribution in [0.5, 0.6) is 0 Å². The Bertz CT molecular complexity index is 1140. The number of carbonyl (C=O) groups is 2. The van der Waals surface area contributed by atoms with Crippen LogP contribution in [-0.4, -0.2) is 16.8 Å². The molecule has 1 aliphatic rings. The summed E-state index contributed by atoms with van der Waals surface area (Å²) in [6, 6.07) is 13.5. The Hall–Kier alpha value is -2.99. The van der Waals surface area contributed by atoms with Crippen molar-refractivity contribution in [3.63, 3.8) is 0 Å². The smallest absolute Gasteiger partial charge is 0.268 e. The zero-order chi connectivity index (χ0) is 20.7. The average molecular weight is 406 g/mol. The Morgan fingerprint density at radius 2 is 1.69 bits per heavy atom. The summed E-state index contributed by atoms with van der Waals surface area (Å²) >= 11 is 1.38. The van der Waals surface area contributed by atoms with Crippen molar-refractivity contribution in [3.8, 4) is 0 Å². The van der Waals surface area contributed by atoms with E-state index in [0.717, 1.165) is 16.7 Å². The molecule has 1 aromatic heterocycles. The maximum atomic E-state index is 13.2. The van der Waals surface area contributed by atoms with Crippen molar-refractivity contribution in [1.29, 1.82) is 0 Å². The molecule has 29 heavy (non-hydrogen) atoms. The highest BCUT2D eigenvalue weighted by atomic mass is 32.2. The number of halogens is 1. The predicted molar refractivity (Wildman–Crippen MR) is 112 cm³/mol. The molecule has 0 saturated carbocycles. The Morgan fingerprint density at radius 3 is 2.38 bits per heavy atom. The van der Waals surface area contributed by atoms with E-state index in [1.165, 1.54) is 28.8 Å². The lowest BCUT2D eigenvalue weighted by atomic mass is 10.1. The number of aryl methyl sites for hydroxylation is 3. The van der Waals surface area contributed by atoms with E-state index in [1.54, 1.807) is 31.2 Å². The summed E-state index contributed by atoms with van der Waals surface area (Å²) in [6.45, 7) is 5.66. The van der Waals surface area contributed by atoms with Gasteiger partial charge in [-0.3, -0.25) is 9.59 Å². The number of thioether (sulfide) groups is 1. The van der Waals surface area contributed by atoms with E-state index in [-0.39, 0.29) is 17.6 Å². The van der Waals surface area contributed by atoms with Crippen molar-refractivity contribution in [3.05, 3.63) is 87.9 Å². The molecule has 0 fully saturated rings. The first-order valence-corrected chi connectivity index (χ1v) is 10.2. The summed E-state index contributed by atoms with van der Waals surface area (Å²) in [5.41, 5.74) is 4.83. The van der Waals surface area contributed by atoms with E-state index in [0.29, 0.717) is 33.3 Å². The number of imide groups is 1. The number of amides is 2. The largest absolute Gasteiger partial charge is 0.268 e. The number of rotatable bonds is 4. The molecule has 6 heteroatoms. The van der Waals surface area contributed by atoms with Crippen LogP contribution in [-0.2, 0) is 5.75 Å². The Kier molecular flexibility index (Phi) is 4.96. The van der Waals surface area contributed by atoms with Gasteiger partial charge in [0.25, 0.3) is 11.8 Å². The van der Waals surface area contributed by atoms with Crippen LogP contribution in [0.1, 0.15) is 43.1 Å². The summed E-state index contributed by atoms with van der Waals surface area (Å²) < 4.78 is 13.1. The highest BCUT2D eigenvalue weighted by Crippen LogP contribution is 2.36. The molecule has 0 radical (unpaired) electrons. The first kappa shape index (κ1) is 19.3. The van der Waals surface area contributed by atoms with Gasteiger partial charge in [0.2, 0.25) is 0 Å². The molecule has 4 nitrogen and oxygen atoms in total. The molecule has 0 bridgehead atoms. The lowest BCUT2D eigenvalue weighted by molar-refractivity contribution is 0.0925. The van der Waals surface area contributed by atoms with Gasteiger partial charge in [0.15, 0.2) is 0 Å². The molecule has 4 rings (SSSR count). The quantitative estimate of drug-likeness (QED) is 0.439. The molecule has 0 N–H and O–H groups in total. The number of aromatic nitrogens is 1. The summed E-state index contributed by atoms with van der Waals surface area (Å²) in [5, 5.41) is 0.523. The van der Waals surface area contributed by atoms with Crippen molar-refractivity contribution >= 4 is 29.3 Å². The van der Waals surface area contributed by atoms with Crippen molar-refractivity contribution in [1.82, 2.24) is 4.98 Å². The summed E-state index contributed by atoms with van der Waals surface area (Å²) in [6.07, 6.45) is 0. The molecule has 1 aliphatic heterocycles. The maximum absolute atomic E-state index is 13.2. The van der Waals surface area contributed by atoms with Crippen LogP contribution in [0.3, 0.4) is 0 Å². The molecule has 0 unspecified atom stereocenters. The molecule has 2 heterocycles. The molecule has 0 atom stereocenters. The number of nitrogens with zero attached hydrogens (tertiary/aromatic N) is 2. The van der Waals surface area contributed by atoms with Gasteiger partial charge >= 0.3 is 0 Å². The van der Waals surface area contributed by atoms with Crippen LogP contribution >= 0.6 is 11.8 Å². The van der Waals surface area contributed by atoms with E-state index in [1.807, 2.05) is 26.0 Å². The fraction of sp³-hybridized carbons (Fsp3) is 0.174. The van der Waals surface area contributed by atoms with Crippen LogP contribution in [0.2, 0.25) is 0 Å². The molecule has 2 aromatic carbocycles. The second-order valence-corrected chi connectivity index (χ2v) is 8.11. The maximum Gasteiger partial charge on any atom is 0.268 e. The van der Waals surface area contributed by atoms with Crippen LogP contribution in [0, 0.1) is 26.6 Å². The molecule has 0 saturated heterocycles. The topological polar surface area (TPSA) is 50.3 Å². The minimum absolute atomic E-state index is 0.293. The lowest BCUT2D eigenvalue weighted by Crippen LogP contribution is -2.30. The SMILES string of the molecule is Cc1ccc(N2C(=O)c3cc(C)nc(SCc4ccc(F)cc4)c3C2=O)c(C)c1. The first-order valence-electron chi connectivity index (χ1n) is 9.20. The van der Waals surface area contributed by atoms with Crippen molar-refractivity contribution in [2.45, 2.75) is 31.6 Å². The zero-order valence-corrected chi connectivity index (χ0v) is 17.1. The fourth-order valence-corrected chi connectivity index (χ4v) is 4.50. The Morgan fingerprint density at radius 1 is 0.966 bits per heavy atom. The van der Waals surface area contributed by atoms with Crippen molar-refractivity contribution in [2.24, 2.45) is 0 Å². The van der Waals surface area contributed by atoms with Gasteiger partial charge in [-0.2, -0.15) is 0 Å². The molecule has 3 aromatic rings. The predicted octanol–water partition coefficient (Wildman–Crippen LogP) is 5.24. The van der Waals surface area contributed by atoms with E-state index >= 15 is 0 Å². The number of hydrogen-bond acceptors (Lipinski definition) is 4. The van der Waals surface area contributed by atoms with Gasteiger partial charge in [-0.15, -0.1) is 11.8 Å². The highest BCUT2D eigenvalue weighted by Gasteiger charge is 2.40. The number of carbonyl (C=O) groups excluding carboxylic acids is 2. The third kappa shape index (κ3) is 3.56. The van der Waals surface area contributed by atoms with Crippen LogP contribution in [0.15, 0.2) is 53.6 Å². The second-order valence-electron chi connectivity index (χ2n) is 7.14. The average Bonchev–Trinajstić information content (AvgIpc) is 2.92. The molecule has 0 aliphatic carbocycles. The molecular weight excluding hydrogens is 387 g/mol. The third-order valence-corrected chi connectivity index (χ3v) is 5.89. The van der Waals surface area contributed by atoms with Gasteiger partial charge in [-0.1, -0.05) is 29.8 Å². The van der Waals surface area contributed by atoms with E-state index in [2.05, 4.69) is 4.98 Å². The van der Waals surface area contributed by atoms with Gasteiger partial charge in [0, 0.05) is 11.4 Å². The molecule has 0 spiro atoms. The zero-order valence-electron chi connectivity index (χ0n) is 16.3.